The van der Waals surface area contributed by atoms with Crippen LogP contribution in [0, 0.1) is 6.92 Å². The van der Waals surface area contributed by atoms with Crippen molar-refractivity contribution in [2.75, 3.05) is 25.0 Å². The fourth-order valence-electron chi connectivity index (χ4n) is 2.73. The lowest BCUT2D eigenvalue weighted by Gasteiger charge is -2.32. The van der Waals surface area contributed by atoms with Crippen molar-refractivity contribution in [3.05, 3.63) is 29.8 Å². The van der Waals surface area contributed by atoms with Crippen LogP contribution >= 0.6 is 0 Å². The summed E-state index contributed by atoms with van der Waals surface area (Å²) in [6.07, 6.45) is 3.29. The lowest BCUT2D eigenvalue weighted by Crippen LogP contribution is -2.39. The molecule has 0 bridgehead atoms. The molecular weight excluding hydrogens is 252 g/mol. The molecule has 0 unspecified atom stereocenters. The van der Waals surface area contributed by atoms with Gasteiger partial charge in [0.15, 0.2) is 0 Å². The molecule has 1 heterocycles. The summed E-state index contributed by atoms with van der Waals surface area (Å²) in [6, 6.07) is 9.02. The minimum absolute atomic E-state index is 0.279. The number of carboxylic acid groups (broad SMARTS) is 1. The number of nitrogens with zero attached hydrogens (tertiary/aromatic N) is 1. The standard InChI is InChI=1S/C16H24N2O2/c1-13-4-2-5-15(12-13)17-14-7-10-18(11-8-14)9-3-6-16(19)20/h2,4-5,12,14,17H,3,6-11H2,1H3,(H,19,20). The number of carbonyl (C=O) groups is 1. The highest BCUT2D eigenvalue weighted by Crippen LogP contribution is 2.17. The number of anilines is 1. The van der Waals surface area contributed by atoms with Gasteiger partial charge in [-0.2, -0.15) is 0 Å². The monoisotopic (exact) mass is 276 g/mol. The van der Waals surface area contributed by atoms with Crippen molar-refractivity contribution in [1.82, 2.24) is 4.90 Å². The van der Waals surface area contributed by atoms with Gasteiger partial charge in [-0.25, -0.2) is 0 Å². The zero-order chi connectivity index (χ0) is 14.4. The molecule has 1 fully saturated rings. The molecule has 4 heteroatoms. The van der Waals surface area contributed by atoms with Gasteiger partial charge in [-0.15, -0.1) is 0 Å². The Morgan fingerprint density at radius 1 is 1.40 bits per heavy atom. The molecule has 2 rings (SSSR count). The van der Waals surface area contributed by atoms with E-state index in [0.29, 0.717) is 6.04 Å². The van der Waals surface area contributed by atoms with Crippen molar-refractivity contribution in [2.45, 2.75) is 38.6 Å². The number of aryl methyl sites for hydroxylation is 1. The largest absolute Gasteiger partial charge is 0.481 e. The molecule has 0 atom stereocenters. The van der Waals surface area contributed by atoms with Crippen LogP contribution in [0.15, 0.2) is 24.3 Å². The number of hydrogen-bond donors (Lipinski definition) is 2. The van der Waals surface area contributed by atoms with Crippen molar-refractivity contribution in [2.24, 2.45) is 0 Å². The van der Waals surface area contributed by atoms with Gasteiger partial charge in [0.2, 0.25) is 0 Å². The maximum Gasteiger partial charge on any atom is 0.303 e. The normalized spacial score (nSPS) is 17.1. The van der Waals surface area contributed by atoms with E-state index in [2.05, 4.69) is 41.4 Å². The van der Waals surface area contributed by atoms with Crippen LogP contribution in [0.3, 0.4) is 0 Å². The molecule has 2 N–H and O–H groups in total. The van der Waals surface area contributed by atoms with Crippen molar-refractivity contribution >= 4 is 11.7 Å². The van der Waals surface area contributed by atoms with Crippen LogP contribution < -0.4 is 5.32 Å². The maximum atomic E-state index is 10.5. The summed E-state index contributed by atoms with van der Waals surface area (Å²) in [5.41, 5.74) is 2.48. The highest BCUT2D eigenvalue weighted by atomic mass is 16.4. The predicted molar refractivity (Wildman–Crippen MR) is 81.1 cm³/mol. The van der Waals surface area contributed by atoms with Gasteiger partial charge in [0.05, 0.1) is 0 Å². The Balaban J connectivity index is 1.70. The summed E-state index contributed by atoms with van der Waals surface area (Å²) >= 11 is 0. The quantitative estimate of drug-likeness (QED) is 0.839. The summed E-state index contributed by atoms with van der Waals surface area (Å²) in [5, 5.41) is 12.2. The Labute approximate surface area is 120 Å². The van der Waals surface area contributed by atoms with Gasteiger partial charge < -0.3 is 15.3 Å². The SMILES string of the molecule is Cc1cccc(NC2CCN(CCCC(=O)O)CC2)c1. The van der Waals surface area contributed by atoms with Gasteiger partial charge >= 0.3 is 5.97 Å². The third-order valence-electron chi connectivity index (χ3n) is 3.84. The van der Waals surface area contributed by atoms with Gasteiger partial charge in [0.1, 0.15) is 0 Å². The average Bonchev–Trinajstić information content (AvgIpc) is 2.40. The summed E-state index contributed by atoms with van der Waals surface area (Å²) < 4.78 is 0. The molecule has 20 heavy (non-hydrogen) atoms. The number of aliphatic carboxylic acids is 1. The Kier molecular flexibility index (Phi) is 5.41. The van der Waals surface area contributed by atoms with Crippen LogP contribution in [0.4, 0.5) is 5.69 Å². The number of carboxylic acids is 1. The molecule has 1 aromatic rings. The van der Waals surface area contributed by atoms with Gasteiger partial charge in [-0.1, -0.05) is 12.1 Å². The number of likely N-dealkylation sites (tertiary alicyclic amines) is 1. The van der Waals surface area contributed by atoms with Crippen LogP contribution in [0.25, 0.3) is 0 Å². The number of rotatable bonds is 6. The Bertz CT molecular complexity index is 440. The molecule has 1 saturated heterocycles. The highest BCUT2D eigenvalue weighted by Gasteiger charge is 2.18. The number of piperidine rings is 1. The minimum Gasteiger partial charge on any atom is -0.481 e. The molecule has 110 valence electrons. The first-order valence-electron chi connectivity index (χ1n) is 7.41. The van der Waals surface area contributed by atoms with Crippen LogP contribution in [0.2, 0.25) is 0 Å². The van der Waals surface area contributed by atoms with E-state index in [-0.39, 0.29) is 6.42 Å². The smallest absolute Gasteiger partial charge is 0.303 e. The molecule has 0 amide bonds. The summed E-state index contributed by atoms with van der Waals surface area (Å²) in [4.78, 5) is 12.9. The average molecular weight is 276 g/mol. The van der Waals surface area contributed by atoms with Crippen LogP contribution in [-0.4, -0.2) is 41.7 Å². The van der Waals surface area contributed by atoms with E-state index in [1.807, 2.05) is 0 Å². The van der Waals surface area contributed by atoms with Gasteiger partial charge in [0.25, 0.3) is 0 Å². The number of nitrogens with one attached hydrogen (secondary N) is 1. The topological polar surface area (TPSA) is 52.6 Å². The van der Waals surface area contributed by atoms with Gasteiger partial charge in [0, 0.05) is 31.2 Å². The molecule has 0 saturated carbocycles. The van der Waals surface area contributed by atoms with E-state index in [1.54, 1.807) is 0 Å². The molecule has 1 aliphatic rings. The van der Waals surface area contributed by atoms with Crippen molar-refractivity contribution in [3.63, 3.8) is 0 Å². The third kappa shape index (κ3) is 4.85. The molecule has 0 radical (unpaired) electrons. The first-order valence-corrected chi connectivity index (χ1v) is 7.41. The van der Waals surface area contributed by atoms with Gasteiger partial charge in [-0.05, 0) is 50.4 Å². The van der Waals surface area contributed by atoms with E-state index in [0.717, 1.165) is 38.9 Å². The fraction of sp³-hybridized carbons (Fsp3) is 0.562. The first-order chi connectivity index (χ1) is 9.63. The zero-order valence-electron chi connectivity index (χ0n) is 12.1. The molecule has 0 spiro atoms. The second kappa shape index (κ2) is 7.29. The van der Waals surface area contributed by atoms with Crippen molar-refractivity contribution < 1.29 is 9.90 Å². The molecule has 4 nitrogen and oxygen atoms in total. The molecule has 0 aromatic heterocycles. The summed E-state index contributed by atoms with van der Waals surface area (Å²) in [5.74, 6) is -0.694. The van der Waals surface area contributed by atoms with Crippen molar-refractivity contribution in [3.8, 4) is 0 Å². The third-order valence-corrected chi connectivity index (χ3v) is 3.84. The summed E-state index contributed by atoms with van der Waals surface area (Å²) in [6.45, 7) is 5.13. The minimum atomic E-state index is -0.694. The predicted octanol–water partition coefficient (Wildman–Crippen LogP) is 2.74. The van der Waals surface area contributed by atoms with E-state index in [1.165, 1.54) is 11.3 Å². The van der Waals surface area contributed by atoms with Crippen LogP contribution in [0.5, 0.6) is 0 Å². The lowest BCUT2D eigenvalue weighted by molar-refractivity contribution is -0.137. The van der Waals surface area contributed by atoms with E-state index in [4.69, 9.17) is 5.11 Å². The number of hydrogen-bond acceptors (Lipinski definition) is 3. The molecule has 1 aromatic carbocycles. The van der Waals surface area contributed by atoms with Crippen molar-refractivity contribution in [1.29, 1.82) is 0 Å². The Morgan fingerprint density at radius 3 is 2.80 bits per heavy atom. The second-order valence-corrected chi connectivity index (χ2v) is 5.63. The molecular formula is C16H24N2O2. The Hall–Kier alpha value is -1.55. The van der Waals surface area contributed by atoms with Gasteiger partial charge in [-0.3, -0.25) is 4.79 Å². The van der Waals surface area contributed by atoms with Crippen LogP contribution in [-0.2, 0) is 4.79 Å². The second-order valence-electron chi connectivity index (χ2n) is 5.63. The van der Waals surface area contributed by atoms with Crippen LogP contribution in [0.1, 0.15) is 31.2 Å². The van der Waals surface area contributed by atoms with E-state index < -0.39 is 5.97 Å². The molecule has 0 aliphatic carbocycles. The number of benzene rings is 1. The summed E-state index contributed by atoms with van der Waals surface area (Å²) in [7, 11) is 0. The maximum absolute atomic E-state index is 10.5. The highest BCUT2D eigenvalue weighted by molar-refractivity contribution is 5.66. The van der Waals surface area contributed by atoms with E-state index in [9.17, 15) is 4.79 Å². The first kappa shape index (κ1) is 14.9. The zero-order valence-corrected chi connectivity index (χ0v) is 12.1. The Morgan fingerprint density at radius 2 is 2.15 bits per heavy atom. The lowest BCUT2D eigenvalue weighted by atomic mass is 10.0. The molecule has 1 aliphatic heterocycles. The van der Waals surface area contributed by atoms with E-state index >= 15 is 0 Å². The fourth-order valence-corrected chi connectivity index (χ4v) is 2.73.